The Hall–Kier alpha value is -6.00. The molecule has 9 rings (SSSR count). The Bertz CT molecular complexity index is 2550. The molecule has 0 radical (unpaired) electrons. The molecule has 4 heteroatoms. The molecule has 0 spiro atoms. The minimum atomic E-state index is -0.167. The highest BCUT2D eigenvalue weighted by atomic mass is 16.3. The van der Waals surface area contributed by atoms with Crippen LogP contribution in [0.3, 0.4) is 0 Å². The summed E-state index contributed by atoms with van der Waals surface area (Å²) < 4.78 is 2.38. The first-order valence-electron chi connectivity index (χ1n) is 16.4. The van der Waals surface area contributed by atoms with Gasteiger partial charge in [0.1, 0.15) is 5.75 Å². The summed E-state index contributed by atoms with van der Waals surface area (Å²) in [6.07, 6.45) is 0. The Kier molecular flexibility index (Phi) is 6.18. The summed E-state index contributed by atoms with van der Waals surface area (Å²) >= 11 is 0. The van der Waals surface area contributed by atoms with Crippen LogP contribution in [0.5, 0.6) is 5.75 Å². The Balaban J connectivity index is 1.35. The van der Waals surface area contributed by atoms with Crippen LogP contribution in [0.15, 0.2) is 140 Å². The quantitative estimate of drug-likeness (QED) is 0.214. The maximum absolute atomic E-state index is 11.2. The largest absolute Gasteiger partial charge is 0.507 e. The van der Waals surface area contributed by atoms with E-state index in [9.17, 15) is 5.11 Å². The fourth-order valence-corrected chi connectivity index (χ4v) is 7.16. The summed E-state index contributed by atoms with van der Waals surface area (Å²) in [6.45, 7) is 6.63. The summed E-state index contributed by atoms with van der Waals surface area (Å²) in [6, 6.07) is 48.3. The molecule has 5 aromatic carbocycles. The molecule has 0 saturated heterocycles. The Labute approximate surface area is 279 Å². The van der Waals surface area contributed by atoms with E-state index in [0.29, 0.717) is 5.56 Å². The zero-order valence-electron chi connectivity index (χ0n) is 27.1. The lowest BCUT2D eigenvalue weighted by Gasteiger charge is -2.21. The number of fused-ring (bicyclic) bond motifs is 8. The smallest absolute Gasteiger partial charge is 0.125 e. The lowest BCUT2D eigenvalue weighted by atomic mass is 9.85. The van der Waals surface area contributed by atoms with E-state index in [1.165, 1.54) is 10.9 Å². The second-order valence-corrected chi connectivity index (χ2v) is 13.6. The van der Waals surface area contributed by atoms with Gasteiger partial charge in [-0.05, 0) is 70.1 Å². The van der Waals surface area contributed by atoms with Crippen molar-refractivity contribution in [3.05, 3.63) is 145 Å². The third-order valence-electron chi connectivity index (χ3n) is 9.60. The number of phenolic OH excluding ortho intramolecular Hbond substituents is 1. The van der Waals surface area contributed by atoms with Crippen LogP contribution in [0.1, 0.15) is 26.3 Å². The van der Waals surface area contributed by atoms with Crippen molar-refractivity contribution in [2.45, 2.75) is 26.2 Å². The number of para-hydroxylation sites is 2. The summed E-state index contributed by atoms with van der Waals surface area (Å²) in [5, 5.41) is 13.5. The summed E-state index contributed by atoms with van der Waals surface area (Å²) in [7, 11) is 0. The van der Waals surface area contributed by atoms with Crippen LogP contribution in [-0.4, -0.2) is 19.6 Å². The minimum absolute atomic E-state index is 0.167. The highest BCUT2D eigenvalue weighted by Gasteiger charge is 2.27. The predicted molar refractivity (Wildman–Crippen MR) is 197 cm³/mol. The normalized spacial score (nSPS) is 12.1. The molecular formula is C44H33N3O. The molecule has 48 heavy (non-hydrogen) atoms. The van der Waals surface area contributed by atoms with Crippen molar-refractivity contribution in [3.63, 3.8) is 0 Å². The number of nitrogens with zero attached hydrogens (tertiary/aromatic N) is 3. The molecule has 0 aliphatic carbocycles. The second-order valence-electron chi connectivity index (χ2n) is 13.6. The molecular weight excluding hydrogens is 587 g/mol. The van der Waals surface area contributed by atoms with Gasteiger partial charge in [0.05, 0.1) is 39.5 Å². The van der Waals surface area contributed by atoms with Crippen molar-refractivity contribution in [2.24, 2.45) is 0 Å². The van der Waals surface area contributed by atoms with Crippen molar-refractivity contribution < 1.29 is 5.11 Å². The summed E-state index contributed by atoms with van der Waals surface area (Å²) in [4.78, 5) is 10.7. The molecule has 0 amide bonds. The van der Waals surface area contributed by atoms with E-state index in [0.717, 1.165) is 72.7 Å². The first-order valence-corrected chi connectivity index (χ1v) is 16.4. The number of hydrogen-bond acceptors (Lipinski definition) is 3. The van der Waals surface area contributed by atoms with Crippen molar-refractivity contribution in [2.75, 3.05) is 0 Å². The average Bonchev–Trinajstić information content (AvgIpc) is 3.39. The van der Waals surface area contributed by atoms with Gasteiger partial charge in [-0.15, -0.1) is 0 Å². The van der Waals surface area contributed by atoms with Gasteiger partial charge >= 0.3 is 0 Å². The van der Waals surface area contributed by atoms with E-state index in [1.807, 2.05) is 30.3 Å². The highest BCUT2D eigenvalue weighted by molar-refractivity contribution is 6.16. The van der Waals surface area contributed by atoms with Crippen LogP contribution < -0.4 is 0 Å². The maximum atomic E-state index is 11.2. The van der Waals surface area contributed by atoms with Gasteiger partial charge < -0.3 is 9.67 Å². The number of hydrogen-bond donors (Lipinski definition) is 1. The van der Waals surface area contributed by atoms with Gasteiger partial charge in [0.2, 0.25) is 0 Å². The van der Waals surface area contributed by atoms with Gasteiger partial charge in [0, 0.05) is 27.5 Å². The van der Waals surface area contributed by atoms with Crippen LogP contribution in [-0.2, 0) is 5.41 Å². The van der Waals surface area contributed by atoms with Crippen LogP contribution in [0.25, 0.3) is 83.6 Å². The van der Waals surface area contributed by atoms with Gasteiger partial charge in [0.25, 0.3) is 0 Å². The highest BCUT2D eigenvalue weighted by Crippen LogP contribution is 2.47. The molecule has 1 aliphatic heterocycles. The molecule has 4 nitrogen and oxygen atoms in total. The van der Waals surface area contributed by atoms with Gasteiger partial charge in [0.15, 0.2) is 0 Å². The molecule has 0 fully saturated rings. The fourth-order valence-electron chi connectivity index (χ4n) is 7.16. The lowest BCUT2D eigenvalue weighted by Crippen LogP contribution is -2.12. The molecule has 8 aromatic rings. The molecule has 0 unspecified atom stereocenters. The zero-order chi connectivity index (χ0) is 32.6. The summed E-state index contributed by atoms with van der Waals surface area (Å²) in [5.74, 6) is 0.198. The molecule has 4 heterocycles. The number of phenols is 1. The molecule has 1 aliphatic rings. The Morgan fingerprint density at radius 1 is 0.521 bits per heavy atom. The Morgan fingerprint density at radius 3 is 2.00 bits per heavy atom. The van der Waals surface area contributed by atoms with Crippen molar-refractivity contribution in [1.29, 1.82) is 0 Å². The third kappa shape index (κ3) is 4.37. The van der Waals surface area contributed by atoms with Gasteiger partial charge in [-0.1, -0.05) is 118 Å². The first-order chi connectivity index (χ1) is 23.3. The summed E-state index contributed by atoms with van der Waals surface area (Å²) in [5.41, 5.74) is 13.8. The van der Waals surface area contributed by atoms with Crippen LogP contribution >= 0.6 is 0 Å². The standard InChI is InChI=1S/C44H33N3O/c1-44(2,3)29-24-36(35-23-28(21-22-41(35)48)27-13-5-4-6-14-27)45-37(25-29)38-26-34-32-17-10-12-20-40(32)47-39-19-11-9-16-31(39)30-15-7-8-18-33(30)42(46-38)43(34)47/h4-26,48H,1-3H3. The van der Waals surface area contributed by atoms with E-state index < -0.39 is 0 Å². The number of aromatic hydroxyl groups is 1. The topological polar surface area (TPSA) is 50.9 Å². The maximum Gasteiger partial charge on any atom is 0.125 e. The SMILES string of the molecule is CC(C)(C)c1cc(-c2cc3c4ccccc4n4c3c(n2)-c2ccccc2-c2ccccc2-4)nc(-c2cc(-c3ccccc3)ccc2O)c1. The molecule has 0 bridgehead atoms. The molecule has 0 saturated carbocycles. The Morgan fingerprint density at radius 2 is 1.19 bits per heavy atom. The number of pyridine rings is 2. The zero-order valence-corrected chi connectivity index (χ0v) is 27.1. The van der Waals surface area contributed by atoms with Crippen LogP contribution in [0, 0.1) is 0 Å². The second kappa shape index (κ2) is 10.5. The monoisotopic (exact) mass is 619 g/mol. The molecule has 1 N–H and O–H groups in total. The fraction of sp³-hybridized carbons (Fsp3) is 0.0909. The van der Waals surface area contributed by atoms with Gasteiger partial charge in [-0.3, -0.25) is 0 Å². The van der Waals surface area contributed by atoms with Crippen LogP contribution in [0.2, 0.25) is 0 Å². The van der Waals surface area contributed by atoms with Gasteiger partial charge in [-0.2, -0.15) is 0 Å². The molecule has 0 atom stereocenters. The van der Waals surface area contributed by atoms with E-state index in [1.54, 1.807) is 6.07 Å². The van der Waals surface area contributed by atoms with Gasteiger partial charge in [-0.25, -0.2) is 9.97 Å². The van der Waals surface area contributed by atoms with Crippen LogP contribution in [0.4, 0.5) is 0 Å². The number of rotatable bonds is 3. The van der Waals surface area contributed by atoms with E-state index in [2.05, 4.69) is 128 Å². The molecule has 3 aromatic heterocycles. The van der Waals surface area contributed by atoms with Crippen molar-refractivity contribution in [3.8, 4) is 67.6 Å². The first kappa shape index (κ1) is 28.2. The number of benzene rings is 5. The lowest BCUT2D eigenvalue weighted by molar-refractivity contribution is 0.477. The van der Waals surface area contributed by atoms with Crippen molar-refractivity contribution >= 4 is 21.8 Å². The number of aromatic nitrogens is 3. The minimum Gasteiger partial charge on any atom is -0.507 e. The average molecular weight is 620 g/mol. The van der Waals surface area contributed by atoms with E-state index in [-0.39, 0.29) is 11.2 Å². The third-order valence-corrected chi connectivity index (χ3v) is 9.60. The molecule has 230 valence electrons. The predicted octanol–water partition coefficient (Wildman–Crippen LogP) is 11.2. The van der Waals surface area contributed by atoms with Crippen molar-refractivity contribution in [1.82, 2.24) is 14.5 Å². The van der Waals surface area contributed by atoms with E-state index >= 15 is 0 Å². The van der Waals surface area contributed by atoms with E-state index in [4.69, 9.17) is 9.97 Å².